The second kappa shape index (κ2) is 9.55. The fourth-order valence-corrected chi connectivity index (χ4v) is 3.89. The topological polar surface area (TPSA) is 105 Å². The van der Waals surface area contributed by atoms with Crippen LogP contribution in [0.1, 0.15) is 40.7 Å². The van der Waals surface area contributed by atoms with Crippen LogP contribution in [0.25, 0.3) is 0 Å². The Hall–Kier alpha value is -2.88. The Balaban J connectivity index is 1.67. The zero-order chi connectivity index (χ0) is 20.7. The third kappa shape index (κ3) is 5.57. The Morgan fingerprint density at radius 2 is 1.79 bits per heavy atom. The van der Waals surface area contributed by atoms with Crippen LogP contribution < -0.4 is 10.6 Å². The summed E-state index contributed by atoms with van der Waals surface area (Å²) < 4.78 is 0. The molecule has 0 amide bonds. The van der Waals surface area contributed by atoms with Gasteiger partial charge in [0.25, 0.3) is 0 Å². The van der Waals surface area contributed by atoms with Crippen LogP contribution in [-0.2, 0) is 6.42 Å². The van der Waals surface area contributed by atoms with Crippen LogP contribution in [0.3, 0.4) is 0 Å². The third-order valence-corrected chi connectivity index (χ3v) is 5.78. The van der Waals surface area contributed by atoms with E-state index in [1.54, 1.807) is 24.3 Å². The van der Waals surface area contributed by atoms with E-state index in [0.717, 1.165) is 37.2 Å². The van der Waals surface area contributed by atoms with E-state index in [2.05, 4.69) is 16.7 Å². The first-order valence-corrected chi connectivity index (χ1v) is 9.99. The number of carbonyl (C=O) groups is 1. The molecule has 2 aromatic carbocycles. The highest BCUT2D eigenvalue weighted by Crippen LogP contribution is 2.31. The van der Waals surface area contributed by atoms with Crippen molar-refractivity contribution >= 4 is 11.7 Å². The number of aromatic carboxylic acids is 1. The number of nitriles is 1. The molecule has 1 fully saturated rings. The van der Waals surface area contributed by atoms with Gasteiger partial charge in [0.2, 0.25) is 0 Å². The molecule has 6 nitrogen and oxygen atoms in total. The summed E-state index contributed by atoms with van der Waals surface area (Å²) in [6.07, 6.45) is 3.07. The fourth-order valence-electron chi connectivity index (χ4n) is 3.89. The number of nitrogens with zero attached hydrogens (tertiary/aromatic N) is 1. The van der Waals surface area contributed by atoms with Crippen LogP contribution >= 0.6 is 0 Å². The van der Waals surface area contributed by atoms with Crippen LogP contribution in [0.4, 0.5) is 5.69 Å². The summed E-state index contributed by atoms with van der Waals surface area (Å²) >= 11 is 0. The van der Waals surface area contributed by atoms with Crippen molar-refractivity contribution in [1.29, 1.82) is 5.26 Å². The number of nitrogens with one attached hydrogen (secondary N) is 2. The van der Waals surface area contributed by atoms with Crippen LogP contribution in [0.2, 0.25) is 0 Å². The van der Waals surface area contributed by atoms with E-state index in [4.69, 9.17) is 10.4 Å². The molecule has 1 aliphatic rings. The Morgan fingerprint density at radius 3 is 2.38 bits per heavy atom. The molecular weight excluding hydrogens is 366 g/mol. The van der Waals surface area contributed by atoms with Crippen molar-refractivity contribution < 1.29 is 15.0 Å². The maximum Gasteiger partial charge on any atom is 0.335 e. The molecule has 0 spiro atoms. The summed E-state index contributed by atoms with van der Waals surface area (Å²) in [5, 5.41) is 35.9. The standard InChI is InChI=1S/C23H27N3O3/c24-15-18-3-1-17(2-4-18)5-8-20(23(29)11-13-25-14-12-23)16-26-21-9-6-19(7-10-21)22(27)28/h1-4,6-7,9-10,20,25-26,29H,5,8,11-14,16H2,(H,27,28). The average molecular weight is 393 g/mol. The molecule has 1 heterocycles. The largest absolute Gasteiger partial charge is 0.478 e. The molecule has 2 aromatic rings. The number of aryl methyl sites for hydroxylation is 1. The van der Waals surface area contributed by atoms with Crippen molar-refractivity contribution in [2.75, 3.05) is 25.0 Å². The average Bonchev–Trinajstić information content (AvgIpc) is 2.74. The molecule has 1 atom stereocenters. The van der Waals surface area contributed by atoms with E-state index in [-0.39, 0.29) is 11.5 Å². The number of benzene rings is 2. The predicted octanol–water partition coefficient (Wildman–Crippen LogP) is 3.03. The molecule has 6 heteroatoms. The Labute approximate surface area is 171 Å². The van der Waals surface area contributed by atoms with Crippen molar-refractivity contribution in [3.8, 4) is 6.07 Å². The Bertz CT molecular complexity index is 850. The normalized spacial score (nSPS) is 16.6. The van der Waals surface area contributed by atoms with E-state index < -0.39 is 11.6 Å². The monoisotopic (exact) mass is 393 g/mol. The highest BCUT2D eigenvalue weighted by atomic mass is 16.4. The van der Waals surface area contributed by atoms with Gasteiger partial charge < -0.3 is 20.8 Å². The van der Waals surface area contributed by atoms with Gasteiger partial charge in [0, 0.05) is 18.2 Å². The molecule has 0 saturated carbocycles. The number of hydrogen-bond donors (Lipinski definition) is 4. The van der Waals surface area contributed by atoms with E-state index in [1.807, 2.05) is 24.3 Å². The van der Waals surface area contributed by atoms with Crippen LogP contribution in [0.5, 0.6) is 0 Å². The van der Waals surface area contributed by atoms with Crippen LogP contribution in [-0.4, -0.2) is 41.4 Å². The third-order valence-electron chi connectivity index (χ3n) is 5.78. The summed E-state index contributed by atoms with van der Waals surface area (Å²) in [5.74, 6) is -0.889. The highest BCUT2D eigenvalue weighted by molar-refractivity contribution is 5.87. The predicted molar refractivity (Wildman–Crippen MR) is 112 cm³/mol. The summed E-state index contributed by atoms with van der Waals surface area (Å²) in [4.78, 5) is 11.0. The van der Waals surface area contributed by atoms with Gasteiger partial charge in [0.1, 0.15) is 0 Å². The van der Waals surface area contributed by atoms with Crippen molar-refractivity contribution in [2.24, 2.45) is 5.92 Å². The highest BCUT2D eigenvalue weighted by Gasteiger charge is 2.37. The van der Waals surface area contributed by atoms with Crippen LogP contribution in [0, 0.1) is 17.2 Å². The molecule has 3 rings (SSSR count). The molecule has 4 N–H and O–H groups in total. The van der Waals surface area contributed by atoms with Gasteiger partial charge in [0.05, 0.1) is 22.8 Å². The number of rotatable bonds is 8. The van der Waals surface area contributed by atoms with Crippen molar-refractivity contribution in [1.82, 2.24) is 5.32 Å². The number of carboxylic acid groups (broad SMARTS) is 1. The van der Waals surface area contributed by atoms with E-state index in [1.165, 1.54) is 0 Å². The second-order valence-electron chi connectivity index (χ2n) is 7.66. The smallest absolute Gasteiger partial charge is 0.335 e. The van der Waals surface area contributed by atoms with Crippen molar-refractivity contribution in [2.45, 2.75) is 31.3 Å². The number of piperidine rings is 1. The number of hydrogen-bond acceptors (Lipinski definition) is 5. The SMILES string of the molecule is N#Cc1ccc(CCC(CNc2ccc(C(=O)O)cc2)C2(O)CCNCC2)cc1. The first kappa shape index (κ1) is 20.8. The van der Waals surface area contributed by atoms with Gasteiger partial charge in [-0.1, -0.05) is 12.1 Å². The summed E-state index contributed by atoms with van der Waals surface area (Å²) in [7, 11) is 0. The lowest BCUT2D eigenvalue weighted by molar-refractivity contribution is -0.0418. The maximum atomic E-state index is 11.3. The van der Waals surface area contributed by atoms with Gasteiger partial charge in [-0.2, -0.15) is 5.26 Å². The molecule has 1 aliphatic heterocycles. The lowest BCUT2D eigenvalue weighted by Gasteiger charge is -2.40. The minimum Gasteiger partial charge on any atom is -0.478 e. The van der Waals surface area contributed by atoms with Crippen molar-refractivity contribution in [3.05, 3.63) is 65.2 Å². The lowest BCUT2D eigenvalue weighted by Crippen LogP contribution is -2.49. The molecule has 0 aromatic heterocycles. The minimum atomic E-state index is -0.944. The number of anilines is 1. The second-order valence-corrected chi connectivity index (χ2v) is 7.66. The lowest BCUT2D eigenvalue weighted by atomic mass is 9.77. The van der Waals surface area contributed by atoms with Crippen LogP contribution in [0.15, 0.2) is 48.5 Å². The fraction of sp³-hybridized carbons (Fsp3) is 0.391. The number of carboxylic acids is 1. The summed E-state index contributed by atoms with van der Waals surface area (Å²) in [6.45, 7) is 2.22. The number of aliphatic hydroxyl groups is 1. The molecule has 29 heavy (non-hydrogen) atoms. The molecule has 0 radical (unpaired) electrons. The van der Waals surface area contributed by atoms with Crippen molar-refractivity contribution in [3.63, 3.8) is 0 Å². The van der Waals surface area contributed by atoms with E-state index in [9.17, 15) is 9.90 Å². The first-order valence-electron chi connectivity index (χ1n) is 9.99. The molecule has 1 unspecified atom stereocenters. The molecule has 0 bridgehead atoms. The summed E-state index contributed by atoms with van der Waals surface area (Å²) in [5.41, 5.74) is 2.16. The van der Waals surface area contributed by atoms with Gasteiger partial charge in [0.15, 0.2) is 0 Å². The molecule has 1 saturated heterocycles. The maximum absolute atomic E-state index is 11.3. The Kier molecular flexibility index (Phi) is 6.86. The minimum absolute atomic E-state index is 0.0550. The first-order chi connectivity index (χ1) is 14.0. The van der Waals surface area contributed by atoms with Gasteiger partial charge in [-0.25, -0.2) is 4.79 Å². The molecule has 152 valence electrons. The van der Waals surface area contributed by atoms with Gasteiger partial charge in [-0.3, -0.25) is 0 Å². The zero-order valence-corrected chi connectivity index (χ0v) is 16.4. The molecule has 0 aliphatic carbocycles. The van der Waals surface area contributed by atoms with E-state index >= 15 is 0 Å². The Morgan fingerprint density at radius 1 is 1.14 bits per heavy atom. The van der Waals surface area contributed by atoms with Gasteiger partial charge in [-0.15, -0.1) is 0 Å². The summed E-state index contributed by atoms with van der Waals surface area (Å²) in [6, 6.07) is 16.4. The molecular formula is C23H27N3O3. The van der Waals surface area contributed by atoms with E-state index in [0.29, 0.717) is 24.9 Å². The quantitative estimate of drug-likeness (QED) is 0.549. The van der Waals surface area contributed by atoms with Gasteiger partial charge >= 0.3 is 5.97 Å². The zero-order valence-electron chi connectivity index (χ0n) is 16.4. The van der Waals surface area contributed by atoms with Gasteiger partial charge in [-0.05, 0) is 80.7 Å².